The Kier molecular flexibility index (Phi) is 1.32. The Morgan fingerprint density at radius 3 is 2.40 bits per heavy atom. The Bertz CT molecular complexity index is 165. The van der Waals surface area contributed by atoms with Crippen LogP contribution < -0.4 is 11.5 Å². The summed E-state index contributed by atoms with van der Waals surface area (Å²) in [5.74, 6) is 1.90. The van der Waals surface area contributed by atoms with Crippen LogP contribution in [0.5, 0.6) is 0 Å². The molecule has 4 atom stereocenters. The average Bonchev–Trinajstić information content (AvgIpc) is 2.46. The average molecular weight is 138 g/mol. The summed E-state index contributed by atoms with van der Waals surface area (Å²) in [6.45, 7) is 0.757. The van der Waals surface area contributed by atoms with Gasteiger partial charge >= 0.3 is 0 Å². The van der Waals surface area contributed by atoms with E-state index in [9.17, 15) is 0 Å². The zero-order chi connectivity index (χ0) is 7.14. The Morgan fingerprint density at radius 2 is 2.00 bits per heavy atom. The van der Waals surface area contributed by atoms with Crippen LogP contribution in [0.2, 0.25) is 0 Å². The standard InChI is InChI=1S/C8H14N2/c9-4-7-5-1-2-6(3-5)8(7)10/h1-2,5-8H,3-4,9-10H2/t5-,6-,7+,8-/m1/s1. The lowest BCUT2D eigenvalue weighted by Gasteiger charge is -2.22. The molecule has 0 aromatic heterocycles. The second-order valence-electron chi connectivity index (χ2n) is 3.43. The predicted octanol–water partition coefficient (Wildman–Crippen LogP) is 0.0945. The van der Waals surface area contributed by atoms with Gasteiger partial charge in [0.15, 0.2) is 0 Å². The van der Waals surface area contributed by atoms with Gasteiger partial charge in [-0.3, -0.25) is 0 Å². The van der Waals surface area contributed by atoms with Crippen LogP contribution in [-0.2, 0) is 0 Å². The summed E-state index contributed by atoms with van der Waals surface area (Å²) in [4.78, 5) is 0. The molecule has 0 aromatic rings. The second kappa shape index (κ2) is 2.07. The molecular formula is C8H14N2. The maximum atomic E-state index is 5.94. The molecular weight excluding hydrogens is 124 g/mol. The topological polar surface area (TPSA) is 52.0 Å². The maximum absolute atomic E-state index is 5.94. The fourth-order valence-electron chi connectivity index (χ4n) is 2.29. The van der Waals surface area contributed by atoms with Crippen LogP contribution in [0.1, 0.15) is 6.42 Å². The van der Waals surface area contributed by atoms with Gasteiger partial charge in [0.25, 0.3) is 0 Å². The zero-order valence-electron chi connectivity index (χ0n) is 6.03. The molecule has 0 spiro atoms. The number of hydrogen-bond donors (Lipinski definition) is 2. The van der Waals surface area contributed by atoms with E-state index in [1.54, 1.807) is 0 Å². The molecule has 56 valence electrons. The highest BCUT2D eigenvalue weighted by Gasteiger charge is 2.41. The molecule has 2 aliphatic rings. The van der Waals surface area contributed by atoms with Gasteiger partial charge in [-0.15, -0.1) is 0 Å². The van der Waals surface area contributed by atoms with Crippen LogP contribution in [0.3, 0.4) is 0 Å². The first-order valence-electron chi connectivity index (χ1n) is 3.97. The van der Waals surface area contributed by atoms with E-state index >= 15 is 0 Å². The largest absolute Gasteiger partial charge is 0.330 e. The lowest BCUT2D eigenvalue weighted by Crippen LogP contribution is -2.37. The smallest absolute Gasteiger partial charge is 0.0148 e. The number of allylic oxidation sites excluding steroid dienone is 1. The first-order chi connectivity index (χ1) is 4.83. The van der Waals surface area contributed by atoms with Crippen molar-refractivity contribution in [1.29, 1.82) is 0 Å². The van der Waals surface area contributed by atoms with Crippen molar-refractivity contribution in [3.05, 3.63) is 12.2 Å². The van der Waals surface area contributed by atoms with E-state index in [0.29, 0.717) is 23.8 Å². The van der Waals surface area contributed by atoms with Crippen LogP contribution in [0, 0.1) is 17.8 Å². The van der Waals surface area contributed by atoms with Crippen molar-refractivity contribution in [1.82, 2.24) is 0 Å². The summed E-state index contributed by atoms with van der Waals surface area (Å²) in [6, 6.07) is 0.347. The molecule has 2 nitrogen and oxygen atoms in total. The number of hydrogen-bond acceptors (Lipinski definition) is 2. The van der Waals surface area contributed by atoms with Gasteiger partial charge in [-0.05, 0) is 30.7 Å². The lowest BCUT2D eigenvalue weighted by atomic mass is 9.90. The van der Waals surface area contributed by atoms with E-state index in [1.165, 1.54) is 6.42 Å². The summed E-state index contributed by atoms with van der Waals surface area (Å²) in [5, 5.41) is 0. The van der Waals surface area contributed by atoms with Crippen LogP contribution in [0.25, 0.3) is 0 Å². The molecule has 0 amide bonds. The number of nitrogens with two attached hydrogens (primary N) is 2. The molecule has 2 bridgehead atoms. The van der Waals surface area contributed by atoms with E-state index in [2.05, 4.69) is 12.2 Å². The van der Waals surface area contributed by atoms with Crippen LogP contribution in [0.4, 0.5) is 0 Å². The molecule has 4 N–H and O–H groups in total. The van der Waals surface area contributed by atoms with Crippen molar-refractivity contribution in [2.45, 2.75) is 12.5 Å². The van der Waals surface area contributed by atoms with Crippen molar-refractivity contribution in [2.24, 2.45) is 29.2 Å². The molecule has 2 rings (SSSR count). The molecule has 0 aromatic carbocycles. The van der Waals surface area contributed by atoms with E-state index in [0.717, 1.165) is 6.54 Å². The third-order valence-electron chi connectivity index (χ3n) is 2.96. The van der Waals surface area contributed by atoms with Gasteiger partial charge in [-0.25, -0.2) is 0 Å². The first kappa shape index (κ1) is 6.38. The fraction of sp³-hybridized carbons (Fsp3) is 0.750. The summed E-state index contributed by atoms with van der Waals surface area (Å²) in [6.07, 6.45) is 5.79. The molecule has 0 radical (unpaired) electrons. The molecule has 10 heavy (non-hydrogen) atoms. The Hall–Kier alpha value is -0.340. The Morgan fingerprint density at radius 1 is 1.30 bits per heavy atom. The second-order valence-corrected chi connectivity index (χ2v) is 3.43. The van der Waals surface area contributed by atoms with Crippen molar-refractivity contribution in [2.75, 3.05) is 6.54 Å². The minimum atomic E-state index is 0.347. The van der Waals surface area contributed by atoms with Crippen LogP contribution in [-0.4, -0.2) is 12.6 Å². The van der Waals surface area contributed by atoms with Gasteiger partial charge in [-0.1, -0.05) is 12.2 Å². The number of rotatable bonds is 1. The van der Waals surface area contributed by atoms with Gasteiger partial charge in [0.1, 0.15) is 0 Å². The van der Waals surface area contributed by atoms with Crippen LogP contribution in [0.15, 0.2) is 12.2 Å². The highest BCUT2D eigenvalue weighted by molar-refractivity contribution is 5.15. The van der Waals surface area contributed by atoms with Gasteiger partial charge in [-0.2, -0.15) is 0 Å². The van der Waals surface area contributed by atoms with E-state index in [1.807, 2.05) is 0 Å². The quantitative estimate of drug-likeness (QED) is 0.505. The monoisotopic (exact) mass is 138 g/mol. The molecule has 0 heterocycles. The van der Waals surface area contributed by atoms with E-state index in [4.69, 9.17) is 11.5 Å². The molecule has 2 aliphatic carbocycles. The van der Waals surface area contributed by atoms with Crippen molar-refractivity contribution < 1.29 is 0 Å². The maximum Gasteiger partial charge on any atom is 0.0148 e. The first-order valence-corrected chi connectivity index (χ1v) is 3.97. The Balaban J connectivity index is 2.18. The van der Waals surface area contributed by atoms with E-state index < -0.39 is 0 Å². The van der Waals surface area contributed by atoms with Crippen molar-refractivity contribution in [3.8, 4) is 0 Å². The van der Waals surface area contributed by atoms with Gasteiger partial charge in [0.2, 0.25) is 0 Å². The SMILES string of the molecule is NC[C@@H]1[C@H](N)[C@@H]2C=C[C@@H]1C2. The molecule has 2 heteroatoms. The van der Waals surface area contributed by atoms with Crippen molar-refractivity contribution >= 4 is 0 Å². The molecule has 0 saturated heterocycles. The van der Waals surface area contributed by atoms with Gasteiger partial charge < -0.3 is 11.5 Å². The number of fused-ring (bicyclic) bond motifs is 2. The molecule has 1 saturated carbocycles. The highest BCUT2D eigenvalue weighted by atomic mass is 14.8. The fourth-order valence-corrected chi connectivity index (χ4v) is 2.29. The summed E-state index contributed by atoms with van der Waals surface area (Å²) in [7, 11) is 0. The zero-order valence-corrected chi connectivity index (χ0v) is 6.03. The summed E-state index contributed by atoms with van der Waals surface area (Å²) < 4.78 is 0. The van der Waals surface area contributed by atoms with Crippen molar-refractivity contribution in [3.63, 3.8) is 0 Å². The molecule has 1 fully saturated rings. The van der Waals surface area contributed by atoms with Gasteiger partial charge in [0, 0.05) is 6.04 Å². The summed E-state index contributed by atoms with van der Waals surface area (Å²) in [5.41, 5.74) is 11.5. The van der Waals surface area contributed by atoms with Gasteiger partial charge in [0.05, 0.1) is 0 Å². The molecule has 0 unspecified atom stereocenters. The third-order valence-corrected chi connectivity index (χ3v) is 2.96. The third kappa shape index (κ3) is 0.662. The predicted molar refractivity (Wildman–Crippen MR) is 41.3 cm³/mol. The highest BCUT2D eigenvalue weighted by Crippen LogP contribution is 2.41. The summed E-state index contributed by atoms with van der Waals surface area (Å²) >= 11 is 0. The normalized spacial score (nSPS) is 50.6. The Labute approximate surface area is 61.3 Å². The minimum Gasteiger partial charge on any atom is -0.330 e. The van der Waals surface area contributed by atoms with Crippen LogP contribution >= 0.6 is 0 Å². The van der Waals surface area contributed by atoms with E-state index in [-0.39, 0.29) is 0 Å². The minimum absolute atomic E-state index is 0.347. The molecule has 0 aliphatic heterocycles. The lowest BCUT2D eigenvalue weighted by molar-refractivity contribution is 0.403.